The molecule has 1 N–H and O–H groups in total. The van der Waals surface area contributed by atoms with Crippen LogP contribution in [0.1, 0.15) is 5.56 Å². The van der Waals surface area contributed by atoms with Gasteiger partial charge in [-0.05, 0) is 5.56 Å². The molecule has 0 aliphatic rings. The minimum atomic E-state index is -3.04. The lowest BCUT2D eigenvalue weighted by atomic mass is 10.2. The Labute approximate surface area is 120 Å². The highest BCUT2D eigenvalue weighted by Gasteiger charge is 2.15. The molecule has 1 aromatic heterocycles. The number of amides is 1. The van der Waals surface area contributed by atoms with E-state index in [1.54, 1.807) is 0 Å². The molecule has 0 aliphatic carbocycles. The summed E-state index contributed by atoms with van der Waals surface area (Å²) in [5.41, 5.74) is 1.31. The largest absolute Gasteiger partial charge is 0.375 e. The van der Waals surface area contributed by atoms with Gasteiger partial charge in [0.15, 0.2) is 0 Å². The van der Waals surface area contributed by atoms with Crippen LogP contribution in [0.15, 0.2) is 42.7 Å². The van der Waals surface area contributed by atoms with Crippen LogP contribution in [0.2, 0.25) is 0 Å². The van der Waals surface area contributed by atoms with Gasteiger partial charge in [-0.3, -0.25) is 9.48 Å². The van der Waals surface area contributed by atoms with Crippen LogP contribution in [-0.4, -0.2) is 28.7 Å². The van der Waals surface area contributed by atoms with Crippen LogP contribution in [-0.2, 0) is 22.7 Å². The molecule has 1 aromatic carbocycles. The monoisotopic (exact) mass is 295 g/mol. The van der Waals surface area contributed by atoms with Crippen molar-refractivity contribution in [3.8, 4) is 0 Å². The quantitative estimate of drug-likeness (QED) is 0.797. The van der Waals surface area contributed by atoms with E-state index in [9.17, 15) is 13.6 Å². The first kappa shape index (κ1) is 15.1. The number of nitrogens with one attached hydrogen (secondary N) is 1. The van der Waals surface area contributed by atoms with Crippen molar-refractivity contribution in [2.24, 2.45) is 0 Å². The molecule has 0 bridgehead atoms. The fourth-order valence-electron chi connectivity index (χ4n) is 1.67. The van der Waals surface area contributed by atoms with E-state index in [0.717, 1.165) is 5.56 Å². The number of rotatable bonds is 7. The molecule has 0 radical (unpaired) electrons. The molecule has 0 spiro atoms. The van der Waals surface area contributed by atoms with E-state index < -0.39 is 12.3 Å². The molecule has 2 aromatic rings. The highest BCUT2D eigenvalue weighted by atomic mass is 19.3. The summed E-state index contributed by atoms with van der Waals surface area (Å²) in [5.74, 6) is -1.34. The van der Waals surface area contributed by atoms with Crippen LogP contribution >= 0.6 is 0 Å². The molecule has 0 unspecified atom stereocenters. The third kappa shape index (κ3) is 4.96. The van der Waals surface area contributed by atoms with Gasteiger partial charge in [-0.1, -0.05) is 30.3 Å². The van der Waals surface area contributed by atoms with Crippen molar-refractivity contribution >= 4 is 11.6 Å². The van der Waals surface area contributed by atoms with E-state index in [2.05, 4.69) is 10.4 Å². The molecule has 0 atom stereocenters. The Bertz CT molecular complexity index is 573. The van der Waals surface area contributed by atoms with Gasteiger partial charge in [0.1, 0.15) is 0 Å². The molecule has 5 nitrogen and oxygen atoms in total. The smallest absolute Gasteiger partial charge is 0.315 e. The van der Waals surface area contributed by atoms with Gasteiger partial charge < -0.3 is 10.1 Å². The SMILES string of the molecule is O=C(Nc1cnn(CCOCc2ccccc2)c1)C(F)F. The number of benzene rings is 1. The molecule has 1 heterocycles. The van der Waals surface area contributed by atoms with Gasteiger partial charge in [0.25, 0.3) is 5.91 Å². The molecular weight excluding hydrogens is 280 g/mol. The summed E-state index contributed by atoms with van der Waals surface area (Å²) in [6.45, 7) is 1.40. The van der Waals surface area contributed by atoms with E-state index in [-0.39, 0.29) is 5.69 Å². The van der Waals surface area contributed by atoms with E-state index in [0.29, 0.717) is 19.8 Å². The average molecular weight is 295 g/mol. The number of carbonyl (C=O) groups excluding carboxylic acids is 1. The zero-order valence-electron chi connectivity index (χ0n) is 11.2. The molecule has 0 aliphatic heterocycles. The molecule has 7 heteroatoms. The molecular formula is C14H15F2N3O2. The van der Waals surface area contributed by atoms with Crippen LogP contribution in [0.3, 0.4) is 0 Å². The third-order valence-corrected chi connectivity index (χ3v) is 2.68. The van der Waals surface area contributed by atoms with Crippen molar-refractivity contribution in [3.05, 3.63) is 48.3 Å². The maximum Gasteiger partial charge on any atom is 0.315 e. The minimum absolute atomic E-state index is 0.239. The van der Waals surface area contributed by atoms with Gasteiger partial charge in [0.2, 0.25) is 0 Å². The van der Waals surface area contributed by atoms with Crippen molar-refractivity contribution < 1.29 is 18.3 Å². The van der Waals surface area contributed by atoms with Crippen LogP contribution in [0.4, 0.5) is 14.5 Å². The van der Waals surface area contributed by atoms with E-state index >= 15 is 0 Å². The second-order valence-electron chi connectivity index (χ2n) is 4.32. The fraction of sp³-hybridized carbons (Fsp3) is 0.286. The molecule has 21 heavy (non-hydrogen) atoms. The van der Waals surface area contributed by atoms with Crippen molar-refractivity contribution in [2.75, 3.05) is 11.9 Å². The first-order chi connectivity index (χ1) is 10.1. The molecule has 0 saturated heterocycles. The number of halogens is 2. The second kappa shape index (κ2) is 7.49. The molecule has 112 valence electrons. The Hall–Kier alpha value is -2.28. The van der Waals surface area contributed by atoms with Crippen molar-refractivity contribution in [1.29, 1.82) is 0 Å². The Morgan fingerprint density at radius 2 is 2.10 bits per heavy atom. The van der Waals surface area contributed by atoms with Gasteiger partial charge in [-0.2, -0.15) is 13.9 Å². The number of aromatic nitrogens is 2. The van der Waals surface area contributed by atoms with Gasteiger partial charge in [-0.25, -0.2) is 0 Å². The summed E-state index contributed by atoms with van der Waals surface area (Å²) in [6, 6.07) is 9.73. The number of hydrogen-bond donors (Lipinski definition) is 1. The lowest BCUT2D eigenvalue weighted by molar-refractivity contribution is -0.126. The predicted octanol–water partition coefficient (Wildman–Crippen LogP) is 2.30. The highest BCUT2D eigenvalue weighted by molar-refractivity contribution is 5.92. The number of alkyl halides is 2. The van der Waals surface area contributed by atoms with Crippen LogP contribution in [0, 0.1) is 0 Å². The summed E-state index contributed by atoms with van der Waals surface area (Å²) in [7, 11) is 0. The minimum Gasteiger partial charge on any atom is -0.375 e. The van der Waals surface area contributed by atoms with Crippen molar-refractivity contribution in [2.45, 2.75) is 19.6 Å². The summed E-state index contributed by atoms with van der Waals surface area (Å²) < 4.78 is 31.1. The average Bonchev–Trinajstić information content (AvgIpc) is 2.92. The number of hydrogen-bond acceptors (Lipinski definition) is 3. The molecule has 0 saturated carbocycles. The van der Waals surface area contributed by atoms with Crippen LogP contribution in [0.5, 0.6) is 0 Å². The van der Waals surface area contributed by atoms with Gasteiger partial charge in [-0.15, -0.1) is 0 Å². The number of ether oxygens (including phenoxy) is 1. The Morgan fingerprint density at radius 1 is 1.33 bits per heavy atom. The molecule has 2 rings (SSSR count). The normalized spacial score (nSPS) is 10.8. The zero-order valence-corrected chi connectivity index (χ0v) is 11.2. The second-order valence-corrected chi connectivity index (χ2v) is 4.32. The summed E-state index contributed by atoms with van der Waals surface area (Å²) in [5, 5.41) is 6.02. The maximum absolute atomic E-state index is 12.1. The predicted molar refractivity (Wildman–Crippen MR) is 73.0 cm³/mol. The van der Waals surface area contributed by atoms with E-state index in [1.807, 2.05) is 30.3 Å². The number of anilines is 1. The summed E-state index contributed by atoms with van der Waals surface area (Å²) in [6.07, 6.45) is -0.244. The molecule has 0 fully saturated rings. The first-order valence-electron chi connectivity index (χ1n) is 6.38. The standard InChI is InChI=1S/C14H15F2N3O2/c15-13(16)14(20)18-12-8-17-19(9-12)6-7-21-10-11-4-2-1-3-5-11/h1-5,8-9,13H,6-7,10H2,(H,18,20). The maximum atomic E-state index is 12.1. The number of nitrogens with zero attached hydrogens (tertiary/aromatic N) is 2. The van der Waals surface area contributed by atoms with E-state index in [1.165, 1.54) is 17.1 Å². The third-order valence-electron chi connectivity index (χ3n) is 2.68. The van der Waals surface area contributed by atoms with Crippen LogP contribution in [0.25, 0.3) is 0 Å². The summed E-state index contributed by atoms with van der Waals surface area (Å²) >= 11 is 0. The topological polar surface area (TPSA) is 56.2 Å². The zero-order chi connectivity index (χ0) is 15.1. The highest BCUT2D eigenvalue weighted by Crippen LogP contribution is 2.07. The van der Waals surface area contributed by atoms with E-state index in [4.69, 9.17) is 4.74 Å². The number of carbonyl (C=O) groups is 1. The van der Waals surface area contributed by atoms with Gasteiger partial charge in [0, 0.05) is 6.20 Å². The lowest BCUT2D eigenvalue weighted by Gasteiger charge is -2.04. The fourth-order valence-corrected chi connectivity index (χ4v) is 1.67. The van der Waals surface area contributed by atoms with Crippen LogP contribution < -0.4 is 5.32 Å². The Kier molecular flexibility index (Phi) is 5.39. The molecule has 1 amide bonds. The van der Waals surface area contributed by atoms with Crippen molar-refractivity contribution in [3.63, 3.8) is 0 Å². The van der Waals surface area contributed by atoms with Gasteiger partial charge >= 0.3 is 6.43 Å². The lowest BCUT2D eigenvalue weighted by Crippen LogP contribution is -2.19. The Morgan fingerprint density at radius 3 is 2.81 bits per heavy atom. The van der Waals surface area contributed by atoms with Gasteiger partial charge in [0.05, 0.1) is 31.6 Å². The summed E-state index contributed by atoms with van der Waals surface area (Å²) in [4.78, 5) is 10.8. The Balaban J connectivity index is 1.72. The van der Waals surface area contributed by atoms with Crippen molar-refractivity contribution in [1.82, 2.24) is 9.78 Å². The first-order valence-corrected chi connectivity index (χ1v) is 6.38.